The highest BCUT2D eigenvalue weighted by atomic mass is 16.7. The van der Waals surface area contributed by atoms with Crippen molar-refractivity contribution in [2.45, 2.75) is 70.7 Å². The second-order valence-corrected chi connectivity index (χ2v) is 10.1. The van der Waals surface area contributed by atoms with Crippen molar-refractivity contribution in [1.29, 1.82) is 0 Å². The molecule has 2 aliphatic rings. The van der Waals surface area contributed by atoms with E-state index in [-0.39, 0.29) is 30.8 Å². The van der Waals surface area contributed by atoms with Gasteiger partial charge in [0.1, 0.15) is 0 Å². The highest BCUT2D eigenvalue weighted by Gasteiger charge is 2.40. The second-order valence-electron chi connectivity index (χ2n) is 10.1. The number of hydrogen-bond acceptors (Lipinski definition) is 5. The van der Waals surface area contributed by atoms with Gasteiger partial charge in [0.25, 0.3) is 0 Å². The summed E-state index contributed by atoms with van der Waals surface area (Å²) < 4.78 is 13.2. The van der Waals surface area contributed by atoms with E-state index in [1.165, 1.54) is 25.7 Å². The van der Waals surface area contributed by atoms with Crippen LogP contribution in [-0.4, -0.2) is 47.8 Å². The molecule has 4 rings (SSSR count). The van der Waals surface area contributed by atoms with Gasteiger partial charge in [0.15, 0.2) is 6.29 Å². The zero-order valence-corrected chi connectivity index (χ0v) is 22.1. The number of nitrogens with zero attached hydrogens (tertiary/aromatic N) is 1. The number of hydrogen-bond donors (Lipinski definition) is 3. The summed E-state index contributed by atoms with van der Waals surface area (Å²) in [6, 6.07) is 16.0. The Labute approximate surface area is 220 Å². The Morgan fingerprint density at radius 2 is 1.76 bits per heavy atom. The third kappa shape index (κ3) is 6.99. The summed E-state index contributed by atoms with van der Waals surface area (Å²) in [6.45, 7) is 10.3. The van der Waals surface area contributed by atoms with Crippen LogP contribution in [0.4, 0.5) is 10.5 Å². The summed E-state index contributed by atoms with van der Waals surface area (Å²) in [5.41, 5.74) is 3.58. The van der Waals surface area contributed by atoms with Crippen molar-refractivity contribution in [2.75, 3.05) is 25.0 Å². The summed E-state index contributed by atoms with van der Waals surface area (Å²) in [5, 5.41) is 15.1. The molecule has 3 N–H and O–H groups in total. The SMILES string of the molecule is C=CCN(C[C@H]1O[C@@H](c2ccc(NC(=O)NCC)cc2)O[C@@H](c2ccc(CO)cc2)[C@H]1C)C1CCCC1. The van der Waals surface area contributed by atoms with Gasteiger partial charge >= 0.3 is 6.03 Å². The summed E-state index contributed by atoms with van der Waals surface area (Å²) in [4.78, 5) is 14.4. The average Bonchev–Trinajstić information content (AvgIpc) is 3.45. The molecular formula is C30H41N3O4. The Morgan fingerprint density at radius 3 is 2.38 bits per heavy atom. The minimum Gasteiger partial charge on any atom is -0.392 e. The van der Waals surface area contributed by atoms with Gasteiger partial charge in [-0.1, -0.05) is 62.2 Å². The van der Waals surface area contributed by atoms with Crippen molar-refractivity contribution in [1.82, 2.24) is 10.2 Å². The van der Waals surface area contributed by atoms with Crippen molar-refractivity contribution in [3.8, 4) is 0 Å². The van der Waals surface area contributed by atoms with Crippen molar-refractivity contribution in [2.24, 2.45) is 5.92 Å². The lowest BCUT2D eigenvalue weighted by Crippen LogP contribution is -2.47. The zero-order valence-electron chi connectivity index (χ0n) is 22.1. The first-order valence-corrected chi connectivity index (χ1v) is 13.5. The van der Waals surface area contributed by atoms with E-state index in [2.05, 4.69) is 29.0 Å². The lowest BCUT2D eigenvalue weighted by molar-refractivity contribution is -0.276. The minimum atomic E-state index is -0.531. The largest absolute Gasteiger partial charge is 0.392 e. The first-order valence-electron chi connectivity index (χ1n) is 13.5. The topological polar surface area (TPSA) is 83.1 Å². The van der Waals surface area contributed by atoms with Crippen LogP contribution >= 0.6 is 0 Å². The number of benzene rings is 2. The number of carbonyl (C=O) groups is 1. The molecule has 1 heterocycles. The van der Waals surface area contributed by atoms with E-state index in [0.717, 1.165) is 29.8 Å². The zero-order chi connectivity index (χ0) is 26.2. The number of anilines is 1. The normalized spacial score (nSPS) is 24.2. The molecule has 7 nitrogen and oxygen atoms in total. The van der Waals surface area contributed by atoms with E-state index in [4.69, 9.17) is 9.47 Å². The number of amides is 2. The molecule has 4 atom stereocenters. The molecule has 2 aromatic carbocycles. The van der Waals surface area contributed by atoms with Crippen LogP contribution in [-0.2, 0) is 16.1 Å². The molecule has 1 saturated carbocycles. The minimum absolute atomic E-state index is 0.0181. The molecule has 1 aliphatic carbocycles. The van der Waals surface area contributed by atoms with Crippen LogP contribution in [0, 0.1) is 5.92 Å². The van der Waals surface area contributed by atoms with Crippen molar-refractivity contribution >= 4 is 11.7 Å². The highest BCUT2D eigenvalue weighted by Crippen LogP contribution is 2.42. The first kappa shape index (κ1) is 27.3. The van der Waals surface area contributed by atoms with Crippen LogP contribution in [0.15, 0.2) is 61.2 Å². The number of aliphatic hydroxyl groups is 1. The standard InChI is InChI=1S/C30H41N3O4/c1-4-18-33(26-8-6-7-9-26)19-27-21(3)28(23-12-10-22(20-34)11-13-23)37-29(36-27)24-14-16-25(17-15-24)32-30(35)31-5-2/h4,10-17,21,26-29,34H,1,5-9,18-20H2,2-3H3,(H2,31,32,35)/t21-,27+,28+,29+/m0/s1. The Morgan fingerprint density at radius 1 is 1.08 bits per heavy atom. The van der Waals surface area contributed by atoms with Gasteiger partial charge in [-0.25, -0.2) is 4.79 Å². The van der Waals surface area contributed by atoms with Gasteiger partial charge < -0.3 is 25.2 Å². The lowest BCUT2D eigenvalue weighted by atomic mass is 9.89. The fourth-order valence-electron chi connectivity index (χ4n) is 5.43. The third-order valence-electron chi connectivity index (χ3n) is 7.52. The van der Waals surface area contributed by atoms with Crippen LogP contribution in [0.25, 0.3) is 0 Å². The molecule has 0 aromatic heterocycles. The van der Waals surface area contributed by atoms with Crippen LogP contribution in [0.2, 0.25) is 0 Å². The molecule has 0 radical (unpaired) electrons. The maximum absolute atomic E-state index is 11.9. The molecular weight excluding hydrogens is 466 g/mol. The van der Waals surface area contributed by atoms with E-state index >= 15 is 0 Å². The van der Waals surface area contributed by atoms with E-state index in [9.17, 15) is 9.90 Å². The molecule has 0 spiro atoms. The van der Waals surface area contributed by atoms with Gasteiger partial charge in [0.2, 0.25) is 0 Å². The maximum Gasteiger partial charge on any atom is 0.319 e. The van der Waals surface area contributed by atoms with Gasteiger partial charge in [0.05, 0.1) is 18.8 Å². The number of nitrogens with one attached hydrogen (secondary N) is 2. The van der Waals surface area contributed by atoms with Crippen molar-refractivity contribution in [3.05, 3.63) is 77.9 Å². The van der Waals surface area contributed by atoms with Crippen molar-refractivity contribution < 1.29 is 19.4 Å². The number of rotatable bonds is 10. The van der Waals surface area contributed by atoms with E-state index in [1.54, 1.807) is 0 Å². The van der Waals surface area contributed by atoms with E-state index in [1.807, 2.05) is 61.5 Å². The van der Waals surface area contributed by atoms with Gasteiger partial charge in [-0.05, 0) is 43.0 Å². The molecule has 2 aromatic rings. The van der Waals surface area contributed by atoms with E-state index in [0.29, 0.717) is 18.3 Å². The van der Waals surface area contributed by atoms with Gasteiger partial charge in [-0.2, -0.15) is 0 Å². The summed E-state index contributed by atoms with van der Waals surface area (Å²) >= 11 is 0. The first-order chi connectivity index (χ1) is 18.0. The average molecular weight is 508 g/mol. The monoisotopic (exact) mass is 507 g/mol. The fraction of sp³-hybridized carbons (Fsp3) is 0.500. The molecule has 200 valence electrons. The fourth-order valence-corrected chi connectivity index (χ4v) is 5.43. The summed E-state index contributed by atoms with van der Waals surface area (Å²) in [6.07, 6.45) is 6.28. The van der Waals surface area contributed by atoms with Gasteiger partial charge in [-0.15, -0.1) is 6.58 Å². The van der Waals surface area contributed by atoms with Crippen LogP contribution < -0.4 is 10.6 Å². The predicted octanol–water partition coefficient (Wildman–Crippen LogP) is 5.54. The Balaban J connectivity index is 1.57. The second kappa shape index (κ2) is 13.2. The smallest absolute Gasteiger partial charge is 0.319 e. The van der Waals surface area contributed by atoms with Gasteiger partial charge in [0, 0.05) is 42.8 Å². The third-order valence-corrected chi connectivity index (χ3v) is 7.52. The molecule has 2 amide bonds. The Hall–Kier alpha value is -2.71. The van der Waals surface area contributed by atoms with Crippen molar-refractivity contribution in [3.63, 3.8) is 0 Å². The Bertz CT molecular complexity index is 1000. The number of urea groups is 1. The summed E-state index contributed by atoms with van der Waals surface area (Å²) in [7, 11) is 0. The quantitative estimate of drug-likeness (QED) is 0.368. The van der Waals surface area contributed by atoms with Crippen LogP contribution in [0.3, 0.4) is 0 Å². The predicted molar refractivity (Wildman–Crippen MR) is 146 cm³/mol. The van der Waals surface area contributed by atoms with E-state index < -0.39 is 6.29 Å². The van der Waals surface area contributed by atoms with Crippen LogP contribution in [0.5, 0.6) is 0 Å². The number of carbonyl (C=O) groups excluding carboxylic acids is 1. The highest BCUT2D eigenvalue weighted by molar-refractivity contribution is 5.89. The molecule has 0 bridgehead atoms. The number of ether oxygens (including phenoxy) is 2. The molecule has 37 heavy (non-hydrogen) atoms. The maximum atomic E-state index is 11.9. The molecule has 1 saturated heterocycles. The molecule has 1 aliphatic heterocycles. The Kier molecular flexibility index (Phi) is 9.75. The van der Waals surface area contributed by atoms with Crippen LogP contribution in [0.1, 0.15) is 68.6 Å². The number of aliphatic hydroxyl groups excluding tert-OH is 1. The summed E-state index contributed by atoms with van der Waals surface area (Å²) in [5.74, 6) is 0.128. The lowest BCUT2D eigenvalue weighted by Gasteiger charge is -2.43. The molecule has 7 heteroatoms. The molecule has 2 fully saturated rings. The molecule has 0 unspecified atom stereocenters. The van der Waals surface area contributed by atoms with Gasteiger partial charge in [-0.3, -0.25) is 4.90 Å².